The van der Waals surface area contributed by atoms with Gasteiger partial charge in [0.25, 0.3) is 0 Å². The number of carbonyl (C=O) groups is 2. The summed E-state index contributed by atoms with van der Waals surface area (Å²) >= 11 is 1.66. The monoisotopic (exact) mass is 422 g/mol. The molecule has 158 valence electrons. The van der Waals surface area contributed by atoms with E-state index in [1.807, 2.05) is 60.7 Å². The lowest BCUT2D eigenvalue weighted by molar-refractivity contribution is -0.134. The van der Waals surface area contributed by atoms with Gasteiger partial charge in [-0.1, -0.05) is 67.6 Å². The van der Waals surface area contributed by atoms with Gasteiger partial charge < -0.3 is 10.2 Å². The van der Waals surface area contributed by atoms with Crippen molar-refractivity contribution in [2.45, 2.75) is 31.7 Å². The Kier molecular flexibility index (Phi) is 6.78. The lowest BCUT2D eigenvalue weighted by Gasteiger charge is -2.40. The van der Waals surface area contributed by atoms with Gasteiger partial charge in [0, 0.05) is 19.1 Å². The Hall–Kier alpha value is -2.27. The predicted octanol–water partition coefficient (Wildman–Crippen LogP) is 3.92. The minimum absolute atomic E-state index is 0.134. The number of likely N-dealkylation sites (tertiary alicyclic amines) is 1. The molecule has 4 rings (SSSR count). The van der Waals surface area contributed by atoms with Crippen LogP contribution in [0.5, 0.6) is 0 Å². The molecule has 2 fully saturated rings. The van der Waals surface area contributed by atoms with Crippen LogP contribution in [-0.4, -0.2) is 47.4 Å². The quantitative estimate of drug-likeness (QED) is 0.736. The van der Waals surface area contributed by atoms with E-state index in [0.29, 0.717) is 17.6 Å². The zero-order valence-corrected chi connectivity index (χ0v) is 18.3. The number of amides is 2. The number of hydrogen-bond donors (Lipinski definition) is 1. The molecule has 30 heavy (non-hydrogen) atoms. The highest BCUT2D eigenvalue weighted by molar-refractivity contribution is 7.99. The lowest BCUT2D eigenvalue weighted by Crippen LogP contribution is -2.55. The largest absolute Gasteiger partial charge is 0.352 e. The van der Waals surface area contributed by atoms with Crippen LogP contribution in [0.2, 0.25) is 0 Å². The van der Waals surface area contributed by atoms with E-state index >= 15 is 0 Å². The zero-order valence-electron chi connectivity index (χ0n) is 17.5. The number of fused-ring (bicyclic) bond motifs is 2. The Morgan fingerprint density at radius 2 is 1.50 bits per heavy atom. The molecule has 1 saturated carbocycles. The van der Waals surface area contributed by atoms with Crippen molar-refractivity contribution in [1.29, 1.82) is 0 Å². The highest BCUT2D eigenvalue weighted by Gasteiger charge is 2.45. The molecule has 1 unspecified atom stereocenters. The van der Waals surface area contributed by atoms with Crippen LogP contribution in [0, 0.1) is 11.8 Å². The number of hydrogen-bond acceptors (Lipinski definition) is 3. The van der Waals surface area contributed by atoms with E-state index in [4.69, 9.17) is 0 Å². The standard InChI is InChI=1S/C25H30N2O2S/c1-2-30-17-22(28)26-24-20-13-14-21(24)16-27(15-20)25(29)23(18-9-5-3-6-10-18)19-11-7-4-8-12-19/h3-12,20-21,23-24H,2,13-17H2,1H3,(H,26,28)/t20-,21+,24?. The van der Waals surface area contributed by atoms with Crippen LogP contribution >= 0.6 is 11.8 Å². The number of benzene rings is 2. The van der Waals surface area contributed by atoms with E-state index in [1.54, 1.807) is 11.8 Å². The first-order valence-electron chi connectivity index (χ1n) is 10.9. The molecule has 1 N–H and O–H groups in total. The number of rotatable bonds is 7. The molecule has 2 aromatic rings. The topological polar surface area (TPSA) is 49.4 Å². The molecule has 1 heterocycles. The summed E-state index contributed by atoms with van der Waals surface area (Å²) in [5.74, 6) is 2.22. The Morgan fingerprint density at radius 1 is 0.967 bits per heavy atom. The first-order valence-corrected chi connectivity index (χ1v) is 12.1. The molecule has 2 aromatic carbocycles. The number of carbonyl (C=O) groups excluding carboxylic acids is 2. The minimum Gasteiger partial charge on any atom is -0.352 e. The molecule has 0 spiro atoms. The first kappa shape index (κ1) is 21.0. The summed E-state index contributed by atoms with van der Waals surface area (Å²) in [7, 11) is 0. The van der Waals surface area contributed by atoms with Gasteiger partial charge in [-0.05, 0) is 41.6 Å². The lowest BCUT2D eigenvalue weighted by atomic mass is 9.87. The highest BCUT2D eigenvalue weighted by atomic mass is 32.2. The Morgan fingerprint density at radius 3 is 2.00 bits per heavy atom. The maximum absolute atomic E-state index is 13.7. The van der Waals surface area contributed by atoms with E-state index in [9.17, 15) is 9.59 Å². The van der Waals surface area contributed by atoms with Gasteiger partial charge in [0.15, 0.2) is 0 Å². The van der Waals surface area contributed by atoms with E-state index in [1.165, 1.54) is 0 Å². The van der Waals surface area contributed by atoms with Crippen molar-refractivity contribution < 1.29 is 9.59 Å². The summed E-state index contributed by atoms with van der Waals surface area (Å²) in [6.07, 6.45) is 2.17. The second-order valence-corrected chi connectivity index (χ2v) is 9.60. The third-order valence-corrected chi connectivity index (χ3v) is 7.30. The maximum Gasteiger partial charge on any atom is 0.234 e. The summed E-state index contributed by atoms with van der Waals surface area (Å²) in [5, 5.41) is 3.27. The van der Waals surface area contributed by atoms with Crippen molar-refractivity contribution in [1.82, 2.24) is 10.2 Å². The smallest absolute Gasteiger partial charge is 0.234 e. The Labute approximate surface area is 183 Å². The molecule has 2 aliphatic rings. The number of thioether (sulfide) groups is 1. The average Bonchev–Trinajstić information content (AvgIpc) is 3.00. The molecular weight excluding hydrogens is 392 g/mol. The van der Waals surface area contributed by atoms with Crippen LogP contribution in [0.1, 0.15) is 36.8 Å². The fraction of sp³-hybridized carbons (Fsp3) is 0.440. The van der Waals surface area contributed by atoms with Gasteiger partial charge in [-0.25, -0.2) is 0 Å². The second kappa shape index (κ2) is 9.69. The number of nitrogens with one attached hydrogen (secondary N) is 1. The van der Waals surface area contributed by atoms with E-state index in [2.05, 4.69) is 17.1 Å². The van der Waals surface area contributed by atoms with Crippen molar-refractivity contribution in [3.8, 4) is 0 Å². The van der Waals surface area contributed by atoms with Gasteiger partial charge >= 0.3 is 0 Å². The summed E-state index contributed by atoms with van der Waals surface area (Å²) in [5.41, 5.74) is 2.07. The van der Waals surface area contributed by atoms with Crippen LogP contribution in [0.25, 0.3) is 0 Å². The van der Waals surface area contributed by atoms with Crippen LogP contribution in [0.15, 0.2) is 60.7 Å². The van der Waals surface area contributed by atoms with E-state index in [0.717, 1.165) is 42.8 Å². The van der Waals surface area contributed by atoms with Gasteiger partial charge in [-0.3, -0.25) is 9.59 Å². The molecule has 0 aromatic heterocycles. The molecule has 0 radical (unpaired) electrons. The summed E-state index contributed by atoms with van der Waals surface area (Å²) in [6, 6.07) is 20.4. The third-order valence-electron chi connectivity index (χ3n) is 6.42. The number of nitrogens with zero attached hydrogens (tertiary/aromatic N) is 1. The molecule has 1 aliphatic heterocycles. The Bertz CT molecular complexity index is 804. The van der Waals surface area contributed by atoms with Gasteiger partial charge in [0.2, 0.25) is 11.8 Å². The normalized spacial score (nSPS) is 22.9. The van der Waals surface area contributed by atoms with Crippen LogP contribution < -0.4 is 5.32 Å². The second-order valence-electron chi connectivity index (χ2n) is 8.33. The fourth-order valence-electron chi connectivity index (χ4n) is 5.01. The summed E-state index contributed by atoms with van der Waals surface area (Å²) < 4.78 is 0. The van der Waals surface area contributed by atoms with E-state index < -0.39 is 0 Å². The average molecular weight is 423 g/mol. The predicted molar refractivity (Wildman–Crippen MR) is 122 cm³/mol. The molecular formula is C25H30N2O2S. The van der Waals surface area contributed by atoms with Crippen LogP contribution in [0.3, 0.4) is 0 Å². The highest BCUT2D eigenvalue weighted by Crippen LogP contribution is 2.39. The SMILES string of the molecule is CCSCC(=O)NC1[C@@H]2CC[C@H]1CN(C(=O)C(c1ccccc1)c1ccccc1)C2. The molecule has 1 aliphatic carbocycles. The third kappa shape index (κ3) is 4.56. The summed E-state index contributed by atoms with van der Waals surface area (Å²) in [6.45, 7) is 3.54. The van der Waals surface area contributed by atoms with Crippen LogP contribution in [0.4, 0.5) is 0 Å². The van der Waals surface area contributed by atoms with Gasteiger partial charge in [-0.2, -0.15) is 11.8 Å². The Balaban J connectivity index is 1.50. The molecule has 5 heteroatoms. The van der Waals surface area contributed by atoms with Gasteiger partial charge in [0.1, 0.15) is 0 Å². The number of piperidine rings is 1. The van der Waals surface area contributed by atoms with Gasteiger partial charge in [-0.15, -0.1) is 0 Å². The van der Waals surface area contributed by atoms with Crippen molar-refractivity contribution in [3.63, 3.8) is 0 Å². The van der Waals surface area contributed by atoms with Crippen molar-refractivity contribution in [2.75, 3.05) is 24.6 Å². The maximum atomic E-state index is 13.7. The molecule has 2 bridgehead atoms. The molecule has 2 amide bonds. The zero-order chi connectivity index (χ0) is 20.9. The van der Waals surface area contributed by atoms with Gasteiger partial charge in [0.05, 0.1) is 11.7 Å². The summed E-state index contributed by atoms with van der Waals surface area (Å²) in [4.78, 5) is 28.0. The van der Waals surface area contributed by atoms with Crippen molar-refractivity contribution in [2.24, 2.45) is 11.8 Å². The van der Waals surface area contributed by atoms with Crippen molar-refractivity contribution >= 4 is 23.6 Å². The molecule has 1 saturated heterocycles. The molecule has 3 atom stereocenters. The van der Waals surface area contributed by atoms with Crippen molar-refractivity contribution in [3.05, 3.63) is 71.8 Å². The minimum atomic E-state index is -0.279. The van der Waals surface area contributed by atoms with E-state index in [-0.39, 0.29) is 23.8 Å². The molecule has 4 nitrogen and oxygen atoms in total. The fourth-order valence-corrected chi connectivity index (χ4v) is 5.48. The van der Waals surface area contributed by atoms with Crippen LogP contribution in [-0.2, 0) is 9.59 Å². The first-order chi connectivity index (χ1) is 14.7.